The number of fused-ring (bicyclic) bond motifs is 1. The number of rotatable bonds is 3. The van der Waals surface area contributed by atoms with Gasteiger partial charge >= 0.3 is 5.97 Å². The molecule has 106 valence electrons. The number of hydrogen-bond acceptors (Lipinski definition) is 3. The molecule has 0 aliphatic carbocycles. The van der Waals surface area contributed by atoms with E-state index in [9.17, 15) is 4.79 Å². The van der Waals surface area contributed by atoms with Crippen molar-refractivity contribution < 1.29 is 9.53 Å². The van der Waals surface area contributed by atoms with Gasteiger partial charge in [0.05, 0.1) is 6.42 Å². The highest BCUT2D eigenvalue weighted by Gasteiger charge is 2.19. The molecule has 0 aromatic heterocycles. The smallest absolute Gasteiger partial charge is 0.308 e. The van der Waals surface area contributed by atoms with Gasteiger partial charge in [-0.25, -0.2) is 0 Å². The fourth-order valence-corrected chi connectivity index (χ4v) is 2.12. The van der Waals surface area contributed by atoms with Gasteiger partial charge in [0.2, 0.25) is 0 Å². The predicted molar refractivity (Wildman–Crippen MR) is 81.3 cm³/mol. The fourth-order valence-electron chi connectivity index (χ4n) is 2.12. The normalized spacial score (nSPS) is 13.2. The number of ether oxygens (including phenoxy) is 1. The van der Waals surface area contributed by atoms with E-state index in [1.165, 1.54) is 5.39 Å². The van der Waals surface area contributed by atoms with Gasteiger partial charge in [0.25, 0.3) is 0 Å². The van der Waals surface area contributed by atoms with Crippen molar-refractivity contribution in [2.45, 2.75) is 38.8 Å². The van der Waals surface area contributed by atoms with Crippen LogP contribution < -0.4 is 5.73 Å². The molecule has 0 heterocycles. The molecular weight excluding hydrogens is 250 g/mol. The first kappa shape index (κ1) is 14.5. The first-order chi connectivity index (χ1) is 9.35. The molecule has 0 aliphatic rings. The lowest BCUT2D eigenvalue weighted by atomic mass is 10.0. The van der Waals surface area contributed by atoms with Gasteiger partial charge in [-0.15, -0.1) is 0 Å². The molecule has 0 amide bonds. The van der Waals surface area contributed by atoms with E-state index in [4.69, 9.17) is 10.5 Å². The lowest BCUT2D eigenvalue weighted by Crippen LogP contribution is -2.26. The zero-order valence-corrected chi connectivity index (χ0v) is 12.2. The molecule has 20 heavy (non-hydrogen) atoms. The maximum Gasteiger partial charge on any atom is 0.308 e. The van der Waals surface area contributed by atoms with Crippen LogP contribution in [0.2, 0.25) is 0 Å². The predicted octanol–water partition coefficient (Wildman–Crippen LogP) is 3.57. The van der Waals surface area contributed by atoms with E-state index in [1.54, 1.807) is 0 Å². The molecule has 2 rings (SSSR count). The minimum absolute atomic E-state index is 0.190. The first-order valence-corrected chi connectivity index (χ1v) is 6.81. The molecule has 0 aliphatic heterocycles. The summed E-state index contributed by atoms with van der Waals surface area (Å²) in [5.74, 6) is -0.266. The lowest BCUT2D eigenvalue weighted by Gasteiger charge is -2.21. The maximum atomic E-state index is 11.8. The van der Waals surface area contributed by atoms with Crippen LogP contribution in [-0.2, 0) is 9.53 Å². The molecule has 2 aromatic carbocycles. The van der Waals surface area contributed by atoms with E-state index in [-0.39, 0.29) is 18.4 Å². The number of nitrogens with two attached hydrogens (primary N) is 1. The van der Waals surface area contributed by atoms with Gasteiger partial charge in [0.15, 0.2) is 0 Å². The molecule has 1 atom stereocenters. The number of esters is 1. The second-order valence-electron chi connectivity index (χ2n) is 6.00. The second-order valence-corrected chi connectivity index (χ2v) is 6.00. The van der Waals surface area contributed by atoms with Crippen molar-refractivity contribution in [3.05, 3.63) is 48.0 Å². The minimum atomic E-state index is -0.472. The molecule has 3 nitrogen and oxygen atoms in total. The zero-order valence-electron chi connectivity index (χ0n) is 12.2. The van der Waals surface area contributed by atoms with Crippen molar-refractivity contribution in [3.8, 4) is 0 Å². The number of benzene rings is 2. The lowest BCUT2D eigenvalue weighted by molar-refractivity contribution is -0.155. The molecule has 0 saturated carbocycles. The summed E-state index contributed by atoms with van der Waals surface area (Å²) >= 11 is 0. The Morgan fingerprint density at radius 1 is 1.15 bits per heavy atom. The number of carbonyl (C=O) groups is 1. The topological polar surface area (TPSA) is 52.3 Å². The SMILES string of the molecule is CC(C)(C)OC(=O)C[C@H](N)c1ccc2ccccc2c1. The largest absolute Gasteiger partial charge is 0.460 e. The average Bonchev–Trinajstić information content (AvgIpc) is 2.35. The van der Waals surface area contributed by atoms with Gasteiger partial charge in [-0.3, -0.25) is 4.79 Å². The van der Waals surface area contributed by atoms with E-state index in [2.05, 4.69) is 6.07 Å². The molecule has 0 spiro atoms. The van der Waals surface area contributed by atoms with Gasteiger partial charge in [0.1, 0.15) is 5.60 Å². The van der Waals surface area contributed by atoms with Crippen LogP contribution in [0.25, 0.3) is 10.8 Å². The Morgan fingerprint density at radius 3 is 2.45 bits per heavy atom. The molecule has 0 fully saturated rings. The summed E-state index contributed by atoms with van der Waals surface area (Å²) in [4.78, 5) is 11.8. The quantitative estimate of drug-likeness (QED) is 0.868. The van der Waals surface area contributed by atoms with Crippen LogP contribution in [0.5, 0.6) is 0 Å². The molecule has 2 N–H and O–H groups in total. The highest BCUT2D eigenvalue weighted by atomic mass is 16.6. The molecule has 0 unspecified atom stereocenters. The summed E-state index contributed by atoms with van der Waals surface area (Å²) in [6, 6.07) is 13.8. The molecule has 0 radical (unpaired) electrons. The highest BCUT2D eigenvalue weighted by Crippen LogP contribution is 2.22. The molecule has 2 aromatic rings. The Kier molecular flexibility index (Phi) is 4.09. The highest BCUT2D eigenvalue weighted by molar-refractivity contribution is 5.83. The third-order valence-electron chi connectivity index (χ3n) is 3.01. The Hall–Kier alpha value is -1.87. The van der Waals surface area contributed by atoms with Crippen molar-refractivity contribution in [2.75, 3.05) is 0 Å². The fraction of sp³-hybridized carbons (Fsp3) is 0.353. The van der Waals surface area contributed by atoms with E-state index in [0.717, 1.165) is 10.9 Å². The Balaban J connectivity index is 2.11. The van der Waals surface area contributed by atoms with Crippen molar-refractivity contribution in [1.29, 1.82) is 0 Å². The molecular formula is C17H21NO2. The van der Waals surface area contributed by atoms with Gasteiger partial charge in [-0.05, 0) is 43.2 Å². The average molecular weight is 271 g/mol. The van der Waals surface area contributed by atoms with Gasteiger partial charge in [-0.1, -0.05) is 36.4 Å². The standard InChI is InChI=1S/C17H21NO2/c1-17(2,3)20-16(19)11-15(18)14-9-8-12-6-4-5-7-13(12)10-14/h4-10,15H,11,18H2,1-3H3/t15-/m0/s1. The second kappa shape index (κ2) is 5.63. The van der Waals surface area contributed by atoms with Crippen molar-refractivity contribution >= 4 is 16.7 Å². The first-order valence-electron chi connectivity index (χ1n) is 6.81. The van der Waals surface area contributed by atoms with Crippen LogP contribution in [0.3, 0.4) is 0 Å². The molecule has 0 saturated heterocycles. The van der Waals surface area contributed by atoms with Gasteiger partial charge < -0.3 is 10.5 Å². The monoisotopic (exact) mass is 271 g/mol. The molecule has 3 heteroatoms. The zero-order chi connectivity index (χ0) is 14.8. The van der Waals surface area contributed by atoms with Gasteiger partial charge in [-0.2, -0.15) is 0 Å². The van der Waals surface area contributed by atoms with Crippen LogP contribution in [-0.4, -0.2) is 11.6 Å². The number of carbonyl (C=O) groups excluding carboxylic acids is 1. The van der Waals surface area contributed by atoms with Crippen LogP contribution >= 0.6 is 0 Å². The molecule has 0 bridgehead atoms. The summed E-state index contributed by atoms with van der Waals surface area (Å²) in [5.41, 5.74) is 6.59. The van der Waals surface area contributed by atoms with Crippen LogP contribution in [0.4, 0.5) is 0 Å². The minimum Gasteiger partial charge on any atom is -0.460 e. The van der Waals surface area contributed by atoms with Crippen LogP contribution in [0.15, 0.2) is 42.5 Å². The van der Waals surface area contributed by atoms with Gasteiger partial charge in [0, 0.05) is 6.04 Å². The van der Waals surface area contributed by atoms with Crippen LogP contribution in [0.1, 0.15) is 38.8 Å². The number of hydrogen-bond donors (Lipinski definition) is 1. The van der Waals surface area contributed by atoms with Crippen molar-refractivity contribution in [3.63, 3.8) is 0 Å². The van der Waals surface area contributed by atoms with E-state index < -0.39 is 5.60 Å². The van der Waals surface area contributed by atoms with E-state index >= 15 is 0 Å². The third kappa shape index (κ3) is 3.81. The maximum absolute atomic E-state index is 11.8. The summed E-state index contributed by atoms with van der Waals surface area (Å²) < 4.78 is 5.30. The van der Waals surface area contributed by atoms with E-state index in [0.29, 0.717) is 0 Å². The van der Waals surface area contributed by atoms with Crippen molar-refractivity contribution in [1.82, 2.24) is 0 Å². The summed E-state index contributed by atoms with van der Waals surface area (Å²) in [6.07, 6.45) is 0.190. The summed E-state index contributed by atoms with van der Waals surface area (Å²) in [7, 11) is 0. The van der Waals surface area contributed by atoms with Crippen molar-refractivity contribution in [2.24, 2.45) is 5.73 Å². The van der Waals surface area contributed by atoms with Crippen LogP contribution in [0, 0.1) is 0 Å². The Bertz CT molecular complexity index is 614. The Morgan fingerprint density at radius 2 is 1.80 bits per heavy atom. The van der Waals surface area contributed by atoms with E-state index in [1.807, 2.05) is 57.2 Å². The Labute approximate surface area is 119 Å². The third-order valence-corrected chi connectivity index (χ3v) is 3.01. The summed E-state index contributed by atoms with van der Waals surface area (Å²) in [6.45, 7) is 5.56. The summed E-state index contributed by atoms with van der Waals surface area (Å²) in [5, 5.41) is 2.30.